The number of hydrogen-bond donors (Lipinski definition) is 1. The van der Waals surface area contributed by atoms with E-state index in [1.807, 2.05) is 0 Å². The Kier molecular flexibility index (Phi) is 4.31. The minimum absolute atomic E-state index is 0.108. The van der Waals surface area contributed by atoms with Crippen LogP contribution in [-0.2, 0) is 6.18 Å². The number of hydrogen-bond acceptors (Lipinski definition) is 3. The molecule has 1 saturated heterocycles. The minimum atomic E-state index is -4.42. The Balaban J connectivity index is 1.79. The van der Waals surface area contributed by atoms with Gasteiger partial charge in [0.15, 0.2) is 5.69 Å². The van der Waals surface area contributed by atoms with E-state index in [0.717, 1.165) is 25.0 Å². The van der Waals surface area contributed by atoms with Gasteiger partial charge in [0, 0.05) is 25.3 Å². The maximum Gasteiger partial charge on any atom is 0.416 e. The lowest BCUT2D eigenvalue weighted by Crippen LogP contribution is -2.43. The largest absolute Gasteiger partial charge is 0.416 e. The molecule has 0 radical (unpaired) electrons. The summed E-state index contributed by atoms with van der Waals surface area (Å²) in [6.07, 6.45) is -1.47. The van der Waals surface area contributed by atoms with Crippen LogP contribution in [-0.4, -0.2) is 39.7 Å². The first-order valence-electron chi connectivity index (χ1n) is 7.63. The van der Waals surface area contributed by atoms with Crippen molar-refractivity contribution in [2.75, 3.05) is 13.1 Å². The maximum absolute atomic E-state index is 12.8. The second-order valence-corrected chi connectivity index (χ2v) is 5.82. The quantitative estimate of drug-likeness (QED) is 0.915. The summed E-state index contributed by atoms with van der Waals surface area (Å²) in [6, 6.07) is 6.44. The number of halogens is 3. The van der Waals surface area contributed by atoms with Gasteiger partial charge < -0.3 is 10.6 Å². The fourth-order valence-corrected chi connectivity index (χ4v) is 2.67. The van der Waals surface area contributed by atoms with Gasteiger partial charge in [-0.05, 0) is 37.1 Å². The van der Waals surface area contributed by atoms with Crippen LogP contribution in [0.1, 0.15) is 28.9 Å². The molecule has 0 atom stereocenters. The first-order chi connectivity index (χ1) is 11.3. The summed E-state index contributed by atoms with van der Waals surface area (Å²) in [6.45, 7) is 1.13. The minimum Gasteiger partial charge on any atom is -0.337 e. The molecule has 5 nitrogen and oxygen atoms in total. The van der Waals surface area contributed by atoms with Gasteiger partial charge >= 0.3 is 6.18 Å². The van der Waals surface area contributed by atoms with Crippen LogP contribution in [0.5, 0.6) is 0 Å². The van der Waals surface area contributed by atoms with E-state index in [2.05, 4.69) is 5.10 Å². The summed E-state index contributed by atoms with van der Waals surface area (Å²) in [4.78, 5) is 14.1. The van der Waals surface area contributed by atoms with E-state index in [9.17, 15) is 18.0 Å². The molecule has 1 aliphatic rings. The van der Waals surface area contributed by atoms with E-state index < -0.39 is 11.7 Å². The van der Waals surface area contributed by atoms with Crippen molar-refractivity contribution >= 4 is 5.91 Å². The maximum atomic E-state index is 12.8. The summed E-state index contributed by atoms with van der Waals surface area (Å²) in [5.41, 5.74) is 5.52. The van der Waals surface area contributed by atoms with Gasteiger partial charge in [-0.1, -0.05) is 6.07 Å². The van der Waals surface area contributed by atoms with E-state index >= 15 is 0 Å². The molecule has 24 heavy (non-hydrogen) atoms. The lowest BCUT2D eigenvalue weighted by molar-refractivity contribution is -0.137. The summed E-state index contributed by atoms with van der Waals surface area (Å²) < 4.78 is 39.6. The Morgan fingerprint density at radius 2 is 1.92 bits per heavy atom. The number of carbonyl (C=O) groups excluding carboxylic acids is 1. The summed E-state index contributed by atoms with van der Waals surface area (Å²) >= 11 is 0. The third kappa shape index (κ3) is 3.43. The highest BCUT2D eigenvalue weighted by Crippen LogP contribution is 2.30. The van der Waals surface area contributed by atoms with Gasteiger partial charge in [-0.15, -0.1) is 0 Å². The van der Waals surface area contributed by atoms with Crippen LogP contribution >= 0.6 is 0 Å². The van der Waals surface area contributed by atoms with Crippen LogP contribution in [0.3, 0.4) is 0 Å². The first-order valence-corrected chi connectivity index (χ1v) is 7.63. The van der Waals surface area contributed by atoms with Crippen molar-refractivity contribution in [2.45, 2.75) is 25.1 Å². The van der Waals surface area contributed by atoms with Crippen LogP contribution in [0.15, 0.2) is 36.5 Å². The normalized spacial score (nSPS) is 16.4. The fourth-order valence-electron chi connectivity index (χ4n) is 2.67. The molecule has 1 aromatic carbocycles. The van der Waals surface area contributed by atoms with Crippen molar-refractivity contribution in [1.82, 2.24) is 14.7 Å². The highest BCUT2D eigenvalue weighted by Gasteiger charge is 2.30. The Bertz CT molecular complexity index is 733. The average molecular weight is 338 g/mol. The lowest BCUT2D eigenvalue weighted by Gasteiger charge is -2.29. The predicted octanol–water partition coefficient (Wildman–Crippen LogP) is 2.45. The van der Waals surface area contributed by atoms with Crippen molar-refractivity contribution in [2.24, 2.45) is 5.73 Å². The number of piperidine rings is 1. The van der Waals surface area contributed by atoms with Crippen molar-refractivity contribution in [3.8, 4) is 5.69 Å². The van der Waals surface area contributed by atoms with Gasteiger partial charge in [0.05, 0.1) is 11.3 Å². The molecule has 1 amide bonds. The molecule has 1 aliphatic heterocycles. The molecule has 1 fully saturated rings. The van der Waals surface area contributed by atoms with Gasteiger partial charge in [0.25, 0.3) is 5.91 Å². The topological polar surface area (TPSA) is 64.2 Å². The molecule has 2 heterocycles. The van der Waals surface area contributed by atoms with E-state index in [-0.39, 0.29) is 23.3 Å². The lowest BCUT2D eigenvalue weighted by atomic mass is 10.1. The molecule has 128 valence electrons. The van der Waals surface area contributed by atoms with Gasteiger partial charge in [0.1, 0.15) is 0 Å². The van der Waals surface area contributed by atoms with Gasteiger partial charge in [-0.2, -0.15) is 18.3 Å². The number of carbonyl (C=O) groups is 1. The van der Waals surface area contributed by atoms with Crippen LogP contribution in [0, 0.1) is 0 Å². The van der Waals surface area contributed by atoms with Crippen LogP contribution in [0.2, 0.25) is 0 Å². The van der Waals surface area contributed by atoms with E-state index in [1.54, 1.807) is 4.90 Å². The molecule has 1 aromatic heterocycles. The SMILES string of the molecule is NC1CCN(C(=O)c2ccn(-c3cccc(C(F)(F)F)c3)n2)CC1. The molecule has 2 aromatic rings. The zero-order chi connectivity index (χ0) is 17.3. The second-order valence-electron chi connectivity index (χ2n) is 5.82. The second kappa shape index (κ2) is 6.27. The van der Waals surface area contributed by atoms with Crippen molar-refractivity contribution < 1.29 is 18.0 Å². The standard InChI is InChI=1S/C16H17F3N4O/c17-16(18,19)11-2-1-3-13(10-11)23-9-6-14(21-23)15(24)22-7-4-12(20)5-8-22/h1-3,6,9-10,12H,4-5,7-8,20H2. The Morgan fingerprint density at radius 3 is 2.58 bits per heavy atom. The number of rotatable bonds is 2. The molecular weight excluding hydrogens is 321 g/mol. The molecule has 0 aliphatic carbocycles. The number of benzene rings is 1. The molecule has 0 unspecified atom stereocenters. The third-order valence-corrected chi connectivity index (χ3v) is 4.07. The molecular formula is C16H17F3N4O. The summed E-state index contributed by atoms with van der Waals surface area (Å²) in [7, 11) is 0. The molecule has 0 saturated carbocycles. The number of aromatic nitrogens is 2. The van der Waals surface area contributed by atoms with Gasteiger partial charge in [-0.25, -0.2) is 4.68 Å². The predicted molar refractivity (Wildman–Crippen MR) is 81.7 cm³/mol. The van der Waals surface area contributed by atoms with Crippen molar-refractivity contribution in [1.29, 1.82) is 0 Å². The van der Waals surface area contributed by atoms with Crippen molar-refractivity contribution in [3.05, 3.63) is 47.8 Å². The number of amides is 1. The molecule has 0 bridgehead atoms. The average Bonchev–Trinajstić information content (AvgIpc) is 3.04. The van der Waals surface area contributed by atoms with Gasteiger partial charge in [-0.3, -0.25) is 4.79 Å². The number of nitrogens with zero attached hydrogens (tertiary/aromatic N) is 3. The van der Waals surface area contributed by atoms with E-state index in [4.69, 9.17) is 5.73 Å². The number of nitrogens with two attached hydrogens (primary N) is 1. The zero-order valence-corrected chi connectivity index (χ0v) is 12.8. The fraction of sp³-hybridized carbons (Fsp3) is 0.375. The van der Waals surface area contributed by atoms with Crippen LogP contribution < -0.4 is 5.73 Å². The Labute approximate surface area is 136 Å². The van der Waals surface area contributed by atoms with Crippen LogP contribution in [0.4, 0.5) is 13.2 Å². The number of alkyl halides is 3. The summed E-state index contributed by atoms with van der Waals surface area (Å²) in [5.74, 6) is -0.229. The Hall–Kier alpha value is -2.35. The molecule has 2 N–H and O–H groups in total. The monoisotopic (exact) mass is 338 g/mol. The summed E-state index contributed by atoms with van der Waals surface area (Å²) in [5, 5.41) is 4.12. The molecule has 3 rings (SSSR count). The highest BCUT2D eigenvalue weighted by molar-refractivity contribution is 5.92. The molecule has 0 spiro atoms. The zero-order valence-electron chi connectivity index (χ0n) is 12.8. The van der Waals surface area contributed by atoms with E-state index in [1.165, 1.54) is 29.1 Å². The van der Waals surface area contributed by atoms with E-state index in [0.29, 0.717) is 13.1 Å². The number of likely N-dealkylation sites (tertiary alicyclic amines) is 1. The van der Waals surface area contributed by atoms with Crippen LogP contribution in [0.25, 0.3) is 5.69 Å². The smallest absolute Gasteiger partial charge is 0.337 e. The molecule has 8 heteroatoms. The van der Waals surface area contributed by atoms with Crippen molar-refractivity contribution in [3.63, 3.8) is 0 Å². The van der Waals surface area contributed by atoms with Gasteiger partial charge in [0.2, 0.25) is 0 Å². The Morgan fingerprint density at radius 1 is 1.21 bits per heavy atom. The highest BCUT2D eigenvalue weighted by atomic mass is 19.4. The third-order valence-electron chi connectivity index (χ3n) is 4.07. The first kappa shape index (κ1) is 16.5.